The van der Waals surface area contributed by atoms with Crippen molar-refractivity contribution in [3.05, 3.63) is 108 Å². The molecule has 302 valence electrons. The van der Waals surface area contributed by atoms with Crippen LogP contribution < -0.4 is 20.7 Å². The number of carbonyl (C=O) groups is 2. The van der Waals surface area contributed by atoms with Crippen molar-refractivity contribution in [1.82, 2.24) is 10.2 Å². The number of para-hydroxylation sites is 1. The maximum absolute atomic E-state index is 12.9. The molecule has 11 heteroatoms. The number of nitrogens with one attached hydrogen (secondary N) is 3. The lowest BCUT2D eigenvalue weighted by atomic mass is 10.0. The van der Waals surface area contributed by atoms with Gasteiger partial charge in [-0.05, 0) is 97.1 Å². The van der Waals surface area contributed by atoms with Gasteiger partial charge in [-0.15, -0.1) is 0 Å². The Morgan fingerprint density at radius 3 is 2.30 bits per heavy atom. The Kier molecular flexibility index (Phi) is 12.4. The Labute approximate surface area is 338 Å². The SMILES string of the molecule is CC(C)(C)[Si](C)(C)O[C@@H](CNCCc1ccc(CCN2C[C@H]3CC(OC(=O)Nc4ccccc4-c4ccccc4)C[C@H]3C2)cc1)c1ccc(O)c2c1OCC(=O)N2. The van der Waals surface area contributed by atoms with Gasteiger partial charge in [-0.3, -0.25) is 10.1 Å². The first kappa shape index (κ1) is 40.5. The van der Waals surface area contributed by atoms with Crippen LogP contribution in [0.2, 0.25) is 18.1 Å². The molecule has 0 bridgehead atoms. The van der Waals surface area contributed by atoms with Crippen molar-refractivity contribution in [2.24, 2.45) is 11.8 Å². The quantitative estimate of drug-likeness (QED) is 0.0569. The first-order chi connectivity index (χ1) is 27.3. The topological polar surface area (TPSA) is 121 Å². The molecule has 4 atom stereocenters. The lowest BCUT2D eigenvalue weighted by Gasteiger charge is -2.40. The van der Waals surface area contributed by atoms with E-state index in [0.717, 1.165) is 74.2 Å². The van der Waals surface area contributed by atoms with Gasteiger partial charge in [0, 0.05) is 37.3 Å². The second-order valence-corrected chi connectivity index (χ2v) is 22.2. The van der Waals surface area contributed by atoms with Crippen molar-refractivity contribution in [2.75, 3.05) is 50.0 Å². The minimum absolute atomic E-state index is 0.00167. The molecule has 4 aromatic carbocycles. The Bertz CT molecular complexity index is 2000. The molecule has 2 aliphatic heterocycles. The van der Waals surface area contributed by atoms with Crippen molar-refractivity contribution in [2.45, 2.75) is 76.8 Å². The van der Waals surface area contributed by atoms with Gasteiger partial charge in [0.2, 0.25) is 0 Å². The van der Waals surface area contributed by atoms with E-state index in [4.69, 9.17) is 13.9 Å². The van der Waals surface area contributed by atoms with Crippen molar-refractivity contribution >= 4 is 31.7 Å². The maximum atomic E-state index is 12.9. The highest BCUT2D eigenvalue weighted by Crippen LogP contribution is 2.46. The average molecular weight is 791 g/mol. The van der Waals surface area contributed by atoms with Crippen LogP contribution in [0.15, 0.2) is 91.0 Å². The van der Waals surface area contributed by atoms with Gasteiger partial charge >= 0.3 is 6.09 Å². The monoisotopic (exact) mass is 790 g/mol. The molecular formula is C46H58N4O6Si. The van der Waals surface area contributed by atoms with Gasteiger partial charge in [0.1, 0.15) is 17.5 Å². The number of likely N-dealkylation sites (tertiary alicyclic amines) is 1. The zero-order valence-corrected chi connectivity index (χ0v) is 35.0. The molecule has 1 saturated carbocycles. The van der Waals surface area contributed by atoms with Gasteiger partial charge in [0.05, 0.1) is 11.8 Å². The molecule has 4 aromatic rings. The number of hydrogen-bond donors (Lipinski definition) is 4. The van der Waals surface area contributed by atoms with E-state index >= 15 is 0 Å². The fourth-order valence-electron chi connectivity index (χ4n) is 8.18. The highest BCUT2D eigenvalue weighted by atomic mass is 28.4. The van der Waals surface area contributed by atoms with E-state index < -0.39 is 8.32 Å². The van der Waals surface area contributed by atoms with Crippen LogP contribution in [0.25, 0.3) is 11.1 Å². The molecule has 2 amide bonds. The Balaban J connectivity index is 0.849. The molecule has 1 aliphatic carbocycles. The smallest absolute Gasteiger partial charge is 0.411 e. The molecule has 0 aromatic heterocycles. The van der Waals surface area contributed by atoms with Gasteiger partial charge < -0.3 is 34.5 Å². The molecule has 3 aliphatic rings. The van der Waals surface area contributed by atoms with Crippen LogP contribution in [-0.4, -0.2) is 75.8 Å². The molecule has 0 spiro atoms. The summed E-state index contributed by atoms with van der Waals surface area (Å²) in [5.41, 5.74) is 6.54. The van der Waals surface area contributed by atoms with Crippen molar-refractivity contribution in [3.63, 3.8) is 0 Å². The number of ether oxygens (including phenoxy) is 2. The third kappa shape index (κ3) is 9.89. The van der Waals surface area contributed by atoms with Crippen molar-refractivity contribution < 1.29 is 28.6 Å². The third-order valence-electron chi connectivity index (χ3n) is 12.3. The molecule has 4 N–H and O–H groups in total. The summed E-state index contributed by atoms with van der Waals surface area (Å²) in [4.78, 5) is 27.5. The summed E-state index contributed by atoms with van der Waals surface area (Å²) in [6.45, 7) is 15.5. The standard InChI is InChI=1S/C46H58N4O6Si/c1-46(2,3)57(4,5)56-41(38-19-20-40(51)43-44(38)54-30-42(52)49-43)27-47-23-21-31-15-17-32(18-16-31)22-24-50-28-34-25-36(26-35(34)29-50)55-45(53)48-39-14-10-9-13-37(39)33-11-7-6-8-12-33/h6-20,34-36,41,47,51H,21-30H2,1-5H3,(H,48,53)(H,49,52)/t34-,35+,36?,41-/m0/s1. The Morgan fingerprint density at radius 1 is 0.930 bits per heavy atom. The van der Waals surface area contributed by atoms with Crippen molar-refractivity contribution in [1.29, 1.82) is 0 Å². The number of amides is 2. The number of aromatic hydroxyl groups is 1. The van der Waals surface area contributed by atoms with Crippen molar-refractivity contribution in [3.8, 4) is 22.6 Å². The normalized spacial score (nSPS) is 19.9. The molecule has 10 nitrogen and oxygen atoms in total. The molecule has 0 radical (unpaired) electrons. The summed E-state index contributed by atoms with van der Waals surface area (Å²) in [5.74, 6) is 1.30. The third-order valence-corrected chi connectivity index (χ3v) is 16.8. The second-order valence-electron chi connectivity index (χ2n) is 17.4. The summed E-state index contributed by atoms with van der Waals surface area (Å²) < 4.78 is 18.7. The van der Waals surface area contributed by atoms with Crippen LogP contribution in [0.4, 0.5) is 16.2 Å². The number of phenols is 1. The summed E-state index contributed by atoms with van der Waals surface area (Å²) in [5, 5.41) is 19.8. The lowest BCUT2D eigenvalue weighted by molar-refractivity contribution is -0.118. The fourth-order valence-corrected chi connectivity index (χ4v) is 9.45. The number of anilines is 2. The van der Waals surface area contributed by atoms with Crippen LogP contribution in [0.3, 0.4) is 0 Å². The molecule has 1 unspecified atom stereocenters. The molecule has 2 fully saturated rings. The van der Waals surface area contributed by atoms with E-state index in [9.17, 15) is 14.7 Å². The van der Waals surface area contributed by atoms with Gasteiger partial charge in [0.25, 0.3) is 5.91 Å². The minimum Gasteiger partial charge on any atom is -0.506 e. The molecule has 1 saturated heterocycles. The summed E-state index contributed by atoms with van der Waals surface area (Å²) in [7, 11) is -2.18. The van der Waals surface area contributed by atoms with E-state index in [1.165, 1.54) is 11.1 Å². The zero-order chi connectivity index (χ0) is 40.2. The van der Waals surface area contributed by atoms with Gasteiger partial charge in [-0.1, -0.05) is 93.6 Å². The van der Waals surface area contributed by atoms with Gasteiger partial charge in [-0.25, -0.2) is 4.79 Å². The molecule has 2 heterocycles. The van der Waals surface area contributed by atoms with Crippen LogP contribution in [0, 0.1) is 11.8 Å². The molecule has 57 heavy (non-hydrogen) atoms. The molecule has 7 rings (SSSR count). The van der Waals surface area contributed by atoms with Crippen LogP contribution in [0.1, 0.15) is 56.4 Å². The van der Waals surface area contributed by atoms with Crippen LogP contribution >= 0.6 is 0 Å². The van der Waals surface area contributed by atoms with E-state index in [2.05, 4.69) is 79.0 Å². The predicted octanol–water partition coefficient (Wildman–Crippen LogP) is 8.79. The number of phenolic OH excluding ortho intramolecular Hbond substituents is 1. The van der Waals surface area contributed by atoms with Gasteiger partial charge in [0.15, 0.2) is 20.7 Å². The first-order valence-electron chi connectivity index (χ1n) is 20.4. The number of rotatable bonds is 14. The van der Waals surface area contributed by atoms with E-state index in [-0.39, 0.29) is 41.6 Å². The lowest BCUT2D eigenvalue weighted by Crippen LogP contribution is -2.44. The number of hydrogen-bond acceptors (Lipinski definition) is 8. The van der Waals surface area contributed by atoms with Crippen LogP contribution in [0.5, 0.6) is 11.5 Å². The minimum atomic E-state index is -2.18. The fraction of sp³-hybridized carbons (Fsp3) is 0.435. The average Bonchev–Trinajstić information content (AvgIpc) is 3.74. The predicted molar refractivity (Wildman–Crippen MR) is 228 cm³/mol. The maximum Gasteiger partial charge on any atom is 0.411 e. The highest BCUT2D eigenvalue weighted by molar-refractivity contribution is 6.74. The second kappa shape index (κ2) is 17.4. The number of benzene rings is 4. The van der Waals surface area contributed by atoms with E-state index in [0.29, 0.717) is 29.8 Å². The van der Waals surface area contributed by atoms with E-state index in [1.807, 2.05) is 60.7 Å². The largest absolute Gasteiger partial charge is 0.506 e. The molecular weight excluding hydrogens is 733 g/mol. The number of nitrogens with zero attached hydrogens (tertiary/aromatic N) is 1. The first-order valence-corrected chi connectivity index (χ1v) is 23.3. The van der Waals surface area contributed by atoms with E-state index in [1.54, 1.807) is 6.07 Å². The Morgan fingerprint density at radius 2 is 1.60 bits per heavy atom. The Hall–Kier alpha value is -4.68. The summed E-state index contributed by atoms with van der Waals surface area (Å²) >= 11 is 0. The van der Waals surface area contributed by atoms with Crippen LogP contribution in [-0.2, 0) is 26.8 Å². The zero-order valence-electron chi connectivity index (χ0n) is 34.0. The summed E-state index contributed by atoms with van der Waals surface area (Å²) in [6, 6.07) is 30.3. The summed E-state index contributed by atoms with van der Waals surface area (Å²) in [6.07, 6.45) is 3.00. The number of carbonyl (C=O) groups excluding carboxylic acids is 2. The highest BCUT2D eigenvalue weighted by Gasteiger charge is 2.43. The van der Waals surface area contributed by atoms with Gasteiger partial charge in [-0.2, -0.15) is 0 Å². The number of fused-ring (bicyclic) bond motifs is 2.